The number of hydrogen-bond donors (Lipinski definition) is 12. The number of primary amides is 12. The second kappa shape index (κ2) is 64.6. The van der Waals surface area contributed by atoms with Gasteiger partial charge in [0.2, 0.25) is 0 Å². The van der Waals surface area contributed by atoms with Crippen LogP contribution in [-0.4, -0.2) is 120 Å². The summed E-state index contributed by atoms with van der Waals surface area (Å²) in [5, 5.41) is 20.4. The van der Waals surface area contributed by atoms with E-state index in [0.717, 1.165) is 24.3 Å². The van der Waals surface area contributed by atoms with E-state index in [-0.39, 0.29) is 22.1 Å². The number of nitrogens with zero attached hydrogens (tertiary/aromatic N) is 2. The SMILES string of the molecule is CCCC[N+](CCCC)(CCCC)CCCC.CCCC[N+](CCCC)(CCCC)CCCC.NC(N)=O.NC(N)=O.NC(N)=O.NC(N)=O.NC(N)=O.NC(N)=O.O.O.O=C([O-])c1ccc(C(=O)[O-])cc1. The van der Waals surface area contributed by atoms with Crippen molar-refractivity contribution >= 4 is 48.1 Å². The highest BCUT2D eigenvalue weighted by Gasteiger charge is 2.25. The van der Waals surface area contributed by atoms with E-state index >= 15 is 0 Å². The molecule has 1 rings (SSSR count). The summed E-state index contributed by atoms with van der Waals surface area (Å²) in [5.41, 5.74) is 50.9. The first-order valence-corrected chi connectivity index (χ1v) is 24.0. The summed E-state index contributed by atoms with van der Waals surface area (Å²) in [6, 6.07) is -0.387. The van der Waals surface area contributed by atoms with Crippen LogP contribution in [0, 0.1) is 0 Å². The van der Waals surface area contributed by atoms with E-state index in [9.17, 15) is 19.8 Å². The fraction of sp³-hybridized carbons (Fsp3) is 0.696. The smallest absolute Gasteiger partial charge is 0.309 e. The van der Waals surface area contributed by atoms with E-state index in [1.54, 1.807) is 0 Å². The van der Waals surface area contributed by atoms with Crippen LogP contribution in [-0.2, 0) is 0 Å². The quantitative estimate of drug-likeness (QED) is 0.0582. The minimum Gasteiger partial charge on any atom is -0.545 e. The molecule has 1 aromatic rings. The number of carboxylic acid groups (broad SMARTS) is 2. The van der Waals surface area contributed by atoms with Crippen molar-refractivity contribution in [3.8, 4) is 0 Å². The normalized spacial score (nSPS) is 9.22. The molecule has 0 saturated carbocycles. The lowest BCUT2D eigenvalue weighted by atomic mass is 10.1. The van der Waals surface area contributed by atoms with Crippen molar-refractivity contribution in [3.05, 3.63) is 35.4 Å². The number of carbonyl (C=O) groups excluding carboxylic acids is 8. The van der Waals surface area contributed by atoms with Gasteiger partial charge in [-0.25, -0.2) is 28.8 Å². The second-order valence-corrected chi connectivity index (χ2v) is 15.9. The first-order chi connectivity index (χ1) is 32.5. The van der Waals surface area contributed by atoms with Crippen LogP contribution in [0.2, 0.25) is 0 Å². The number of aromatic carboxylic acids is 2. The number of urea groups is 6. The largest absolute Gasteiger partial charge is 0.545 e. The van der Waals surface area contributed by atoms with Crippen LogP contribution in [0.4, 0.5) is 28.8 Å². The molecular formula is C46H104N14O12. The Hall–Kier alpha value is -6.38. The van der Waals surface area contributed by atoms with Crippen LogP contribution in [0.15, 0.2) is 24.3 Å². The molecule has 0 aliphatic heterocycles. The number of quaternary nitrogens is 2. The summed E-state index contributed by atoms with van der Waals surface area (Å²) in [4.78, 5) is 74.4. The first kappa shape index (κ1) is 88.6. The summed E-state index contributed by atoms with van der Waals surface area (Å²) >= 11 is 0. The van der Waals surface area contributed by atoms with Crippen molar-refractivity contribution < 1.29 is 68.5 Å². The van der Waals surface area contributed by atoms with Gasteiger partial charge in [0.1, 0.15) is 0 Å². The highest BCUT2D eigenvalue weighted by molar-refractivity contribution is 5.89. The summed E-state index contributed by atoms with van der Waals surface area (Å²) in [6.07, 6.45) is 22.1. The van der Waals surface area contributed by atoms with Crippen molar-refractivity contribution in [1.29, 1.82) is 0 Å². The molecule has 1 aromatic carbocycles. The molecule has 0 fully saturated rings. The van der Waals surface area contributed by atoms with Crippen LogP contribution in [0.3, 0.4) is 0 Å². The predicted octanol–water partition coefficient (Wildman–Crippen LogP) is 0.914. The summed E-state index contributed by atoms with van der Waals surface area (Å²) in [6.45, 7) is 30.0. The van der Waals surface area contributed by atoms with Crippen molar-refractivity contribution in [1.82, 2.24) is 0 Å². The molecule has 430 valence electrons. The monoisotopic (exact) mass is 1040 g/mol. The Morgan fingerprint density at radius 3 is 0.472 bits per heavy atom. The molecule has 0 saturated heterocycles. The van der Waals surface area contributed by atoms with Crippen molar-refractivity contribution in [2.24, 2.45) is 68.8 Å². The number of carbonyl (C=O) groups is 8. The number of amides is 12. The van der Waals surface area contributed by atoms with Crippen LogP contribution >= 0.6 is 0 Å². The summed E-state index contributed by atoms with van der Waals surface area (Å²) < 4.78 is 2.84. The average molecular weight is 1050 g/mol. The zero-order chi connectivity index (χ0) is 56.6. The van der Waals surface area contributed by atoms with Crippen LogP contribution in [0.1, 0.15) is 179 Å². The molecule has 0 aliphatic carbocycles. The van der Waals surface area contributed by atoms with Gasteiger partial charge in [-0.15, -0.1) is 0 Å². The van der Waals surface area contributed by atoms with E-state index in [4.69, 9.17) is 28.8 Å². The van der Waals surface area contributed by atoms with E-state index < -0.39 is 48.1 Å². The zero-order valence-electron chi connectivity index (χ0n) is 45.2. The lowest BCUT2D eigenvalue weighted by Gasteiger charge is -2.39. The minimum absolute atomic E-state index is 0. The summed E-state index contributed by atoms with van der Waals surface area (Å²) in [5.74, 6) is -2.67. The van der Waals surface area contributed by atoms with Crippen molar-refractivity contribution in [3.63, 3.8) is 0 Å². The molecule has 72 heavy (non-hydrogen) atoms. The van der Waals surface area contributed by atoms with Gasteiger partial charge in [-0.3, -0.25) is 0 Å². The molecule has 0 heterocycles. The zero-order valence-corrected chi connectivity index (χ0v) is 45.2. The van der Waals surface area contributed by atoms with Crippen LogP contribution in [0.25, 0.3) is 0 Å². The van der Waals surface area contributed by atoms with Gasteiger partial charge in [0.05, 0.1) is 64.3 Å². The van der Waals surface area contributed by atoms with Crippen molar-refractivity contribution in [2.75, 3.05) is 52.4 Å². The molecule has 0 spiro atoms. The Kier molecular flexibility index (Phi) is 79.5. The Labute approximate surface area is 430 Å². The molecule has 0 atom stereocenters. The fourth-order valence-electron chi connectivity index (χ4n) is 6.03. The number of nitrogens with two attached hydrogens (primary N) is 12. The Morgan fingerprint density at radius 1 is 0.306 bits per heavy atom. The fourth-order valence-corrected chi connectivity index (χ4v) is 6.03. The van der Waals surface area contributed by atoms with E-state index in [1.807, 2.05) is 0 Å². The average Bonchev–Trinajstić information content (AvgIpc) is 3.24. The third-order valence-corrected chi connectivity index (χ3v) is 9.24. The molecule has 26 nitrogen and oxygen atoms in total. The maximum atomic E-state index is 10.2. The highest BCUT2D eigenvalue weighted by atomic mass is 16.4. The summed E-state index contributed by atoms with van der Waals surface area (Å²) in [7, 11) is 0. The lowest BCUT2D eigenvalue weighted by Crippen LogP contribution is -2.50. The molecule has 0 radical (unpaired) electrons. The van der Waals surface area contributed by atoms with E-state index in [1.165, 1.54) is 164 Å². The van der Waals surface area contributed by atoms with Gasteiger partial charge in [-0.05, 0) is 62.5 Å². The maximum absolute atomic E-state index is 10.2. The van der Waals surface area contributed by atoms with Gasteiger partial charge in [0, 0.05) is 0 Å². The third kappa shape index (κ3) is 93.6. The maximum Gasteiger partial charge on any atom is 0.309 e. The number of rotatable bonds is 26. The number of unbranched alkanes of at least 4 members (excludes halogenated alkanes) is 8. The van der Waals surface area contributed by atoms with Crippen LogP contribution in [0.5, 0.6) is 0 Å². The standard InChI is InChI=1S/2C16H36N.C8H6O4.6CH4N2O.2H2O/c2*1-5-9-13-17(14-10-6-2,15-11-7-3)16-12-8-4;9-7(10)5-1-2-6(4-3-5)8(11)12;6*2-1(3)4;;/h2*5-16H2,1-4H3;1-4H,(H,9,10)(H,11,12);6*(H4,2,3,4);2*1H2/q2*+1;;;;;;;;;/p-2. The molecule has 26 heteroatoms. The highest BCUT2D eigenvalue weighted by Crippen LogP contribution is 2.18. The molecule has 28 N–H and O–H groups in total. The number of hydrogen-bond acceptors (Lipinski definition) is 10. The lowest BCUT2D eigenvalue weighted by molar-refractivity contribution is -0.929. The van der Waals surface area contributed by atoms with Gasteiger partial charge in [-0.2, -0.15) is 0 Å². The van der Waals surface area contributed by atoms with Crippen molar-refractivity contribution in [2.45, 2.75) is 158 Å². The number of benzene rings is 1. The Morgan fingerprint density at radius 2 is 0.403 bits per heavy atom. The van der Waals surface area contributed by atoms with Gasteiger partial charge in [-0.1, -0.05) is 131 Å². The number of carboxylic acids is 2. The first-order valence-electron chi connectivity index (χ1n) is 24.0. The van der Waals surface area contributed by atoms with Gasteiger partial charge >= 0.3 is 36.2 Å². The molecule has 0 aliphatic rings. The topological polar surface area (TPSA) is 558 Å². The van der Waals surface area contributed by atoms with Gasteiger partial charge in [0.25, 0.3) is 0 Å². The predicted molar refractivity (Wildman–Crippen MR) is 284 cm³/mol. The van der Waals surface area contributed by atoms with Crippen LogP contribution < -0.4 is 79.0 Å². The van der Waals surface area contributed by atoms with Gasteiger partial charge in [0.15, 0.2) is 0 Å². The minimum atomic E-state index is -1.33. The van der Waals surface area contributed by atoms with Gasteiger partial charge < -0.3 is 109 Å². The molecule has 12 amide bonds. The Bertz CT molecular complexity index is 1190. The van der Waals surface area contributed by atoms with E-state index in [2.05, 4.69) is 124 Å². The Balaban J connectivity index is -0.0000000811. The molecule has 0 bridgehead atoms. The molecule has 0 aromatic heterocycles. The second-order valence-electron chi connectivity index (χ2n) is 15.9. The molecular weight excluding hydrogens is 941 g/mol. The molecule has 0 unspecified atom stereocenters. The third-order valence-electron chi connectivity index (χ3n) is 9.24. The van der Waals surface area contributed by atoms with E-state index in [0.29, 0.717) is 0 Å².